The molecule has 1 aromatic carbocycles. The summed E-state index contributed by atoms with van der Waals surface area (Å²) in [7, 11) is 1.30. The number of ether oxygens (including phenoxy) is 2. The van der Waals surface area contributed by atoms with E-state index in [2.05, 4.69) is 0 Å². The number of aliphatic hydroxyl groups is 4. The lowest BCUT2D eigenvalue weighted by Crippen LogP contribution is -2.76. The zero-order valence-electron chi connectivity index (χ0n) is 17.5. The van der Waals surface area contributed by atoms with Crippen molar-refractivity contribution in [3.8, 4) is 5.75 Å². The van der Waals surface area contributed by atoms with Crippen molar-refractivity contribution in [2.45, 2.75) is 47.8 Å². The minimum Gasteiger partial charge on any atom is -0.496 e. The fraction of sp³-hybridized carbons (Fsp3) is 0.435. The maximum Gasteiger partial charge on any atom is 0.339 e. The molecular formula is C23H22O10. The smallest absolute Gasteiger partial charge is 0.339 e. The highest BCUT2D eigenvalue weighted by Crippen LogP contribution is 2.63. The summed E-state index contributed by atoms with van der Waals surface area (Å²) in [6.07, 6.45) is -4.32. The molecule has 2 saturated heterocycles. The van der Waals surface area contributed by atoms with E-state index in [9.17, 15) is 34.8 Å². The fourth-order valence-electron chi connectivity index (χ4n) is 5.90. The number of hydrogen-bond donors (Lipinski definition) is 4. The van der Waals surface area contributed by atoms with Crippen LogP contribution in [0.3, 0.4) is 0 Å². The summed E-state index contributed by atoms with van der Waals surface area (Å²) in [5.41, 5.74) is -8.12. The summed E-state index contributed by atoms with van der Waals surface area (Å²) in [5.74, 6) is -5.75. The predicted octanol–water partition coefficient (Wildman–Crippen LogP) is -0.482. The van der Waals surface area contributed by atoms with E-state index in [1.807, 2.05) is 0 Å². The van der Waals surface area contributed by atoms with E-state index < -0.39 is 64.6 Å². The summed E-state index contributed by atoms with van der Waals surface area (Å²) in [6.45, 7) is 0. The lowest BCUT2D eigenvalue weighted by atomic mass is 9.48. The summed E-state index contributed by atoms with van der Waals surface area (Å²) >= 11 is 0. The number of Topliss-reactive ketones (excluding diaryl/α,β-unsaturated/α-hetero) is 1. The van der Waals surface area contributed by atoms with Crippen LogP contribution in [0.15, 0.2) is 51.7 Å². The van der Waals surface area contributed by atoms with Gasteiger partial charge >= 0.3 is 11.6 Å². The molecule has 2 saturated carbocycles. The first-order valence-electron chi connectivity index (χ1n) is 10.4. The van der Waals surface area contributed by atoms with Crippen molar-refractivity contribution in [3.05, 3.63) is 64.2 Å². The van der Waals surface area contributed by atoms with Gasteiger partial charge in [-0.3, -0.25) is 4.79 Å². The zero-order valence-corrected chi connectivity index (χ0v) is 17.5. The van der Waals surface area contributed by atoms with E-state index in [1.54, 1.807) is 18.2 Å². The van der Waals surface area contributed by atoms with Gasteiger partial charge < -0.3 is 34.3 Å². The van der Waals surface area contributed by atoms with Crippen LogP contribution in [0.25, 0.3) is 0 Å². The van der Waals surface area contributed by atoms with Crippen molar-refractivity contribution in [1.29, 1.82) is 0 Å². The standard InChI is InChI=1S/C23H22O10/c1-31-12-7-13(32-15(24)8-12)17-21(28)9-14-19(26)23(17,30)18(22(29,10-21)20(27)33-14)16(25)11-5-3-2-4-6-11/h2-8,14,17-19,26,28-30H,9-10H2,1H3/t14-,17+,18+,19+,21-,22-,23+/m0/s1. The summed E-state index contributed by atoms with van der Waals surface area (Å²) in [5, 5.41) is 46.3. The molecule has 4 fully saturated rings. The Balaban J connectivity index is 1.78. The van der Waals surface area contributed by atoms with Crippen molar-refractivity contribution in [1.82, 2.24) is 0 Å². The van der Waals surface area contributed by atoms with Gasteiger partial charge in [-0.05, 0) is 0 Å². The molecule has 4 N–H and O–H groups in total. The van der Waals surface area contributed by atoms with Gasteiger partial charge in [-0.2, -0.15) is 0 Å². The van der Waals surface area contributed by atoms with Crippen molar-refractivity contribution in [2.75, 3.05) is 7.11 Å². The number of aliphatic hydroxyl groups excluding tert-OH is 1. The Bertz CT molecular complexity index is 1190. The maximum atomic E-state index is 13.6. The van der Waals surface area contributed by atoms with E-state index in [4.69, 9.17) is 13.9 Å². The van der Waals surface area contributed by atoms with Gasteiger partial charge in [0.1, 0.15) is 29.3 Å². The van der Waals surface area contributed by atoms with Crippen LogP contribution in [0.4, 0.5) is 0 Å². The molecule has 0 unspecified atom stereocenters. The van der Waals surface area contributed by atoms with Crippen LogP contribution in [-0.2, 0) is 9.53 Å². The Morgan fingerprint density at radius 2 is 1.82 bits per heavy atom. The second-order valence-electron chi connectivity index (χ2n) is 9.00. The van der Waals surface area contributed by atoms with E-state index in [1.165, 1.54) is 25.3 Å². The fourth-order valence-corrected chi connectivity index (χ4v) is 5.90. The number of carbonyl (C=O) groups is 2. The molecule has 7 atom stereocenters. The van der Waals surface area contributed by atoms with Crippen LogP contribution < -0.4 is 10.4 Å². The Labute approximate surface area is 187 Å². The van der Waals surface area contributed by atoms with E-state index >= 15 is 0 Å². The number of esters is 1. The van der Waals surface area contributed by atoms with E-state index in [0.717, 1.165) is 6.07 Å². The zero-order chi connectivity index (χ0) is 23.8. The number of fused-ring (bicyclic) bond motifs is 1. The first kappa shape index (κ1) is 21.8. The summed E-state index contributed by atoms with van der Waals surface area (Å²) in [4.78, 5) is 38.7. The average Bonchev–Trinajstić information content (AvgIpc) is 2.87. The average molecular weight is 458 g/mol. The van der Waals surface area contributed by atoms with Crippen LogP contribution in [0.2, 0.25) is 0 Å². The van der Waals surface area contributed by atoms with Gasteiger partial charge in [-0.25, -0.2) is 9.59 Å². The number of carbonyl (C=O) groups excluding carboxylic acids is 2. The molecular weight excluding hydrogens is 436 g/mol. The monoisotopic (exact) mass is 458 g/mol. The highest BCUT2D eigenvalue weighted by Gasteiger charge is 2.79. The van der Waals surface area contributed by atoms with Gasteiger partial charge in [0.2, 0.25) is 0 Å². The topological polar surface area (TPSA) is 164 Å². The number of benzene rings is 1. The molecule has 2 aliphatic carbocycles. The van der Waals surface area contributed by atoms with Crippen molar-refractivity contribution in [3.63, 3.8) is 0 Å². The lowest BCUT2D eigenvalue weighted by Gasteiger charge is -2.60. The molecule has 0 radical (unpaired) electrons. The van der Waals surface area contributed by atoms with Gasteiger partial charge in [0.05, 0.1) is 30.6 Å². The van der Waals surface area contributed by atoms with E-state index in [-0.39, 0.29) is 23.5 Å². The lowest BCUT2D eigenvalue weighted by molar-refractivity contribution is -0.269. The molecule has 10 nitrogen and oxygen atoms in total. The molecule has 10 heteroatoms. The van der Waals surface area contributed by atoms with Crippen LogP contribution in [0.5, 0.6) is 5.75 Å². The minimum atomic E-state index is -2.64. The summed E-state index contributed by atoms with van der Waals surface area (Å²) < 4.78 is 15.6. The minimum absolute atomic E-state index is 0.0616. The SMILES string of the molecule is COc1cc([C@@H]2[C@]3(O)C[C@@H]4OC(=O)[C@](O)(C3)[C@@H](C(=O)c3ccccc3)[C@@]2(O)[C@@H]4O)oc(=O)c1. The number of hydrogen-bond acceptors (Lipinski definition) is 10. The molecule has 174 valence electrons. The number of methoxy groups -OCH3 is 1. The third-order valence-electron chi connectivity index (χ3n) is 7.11. The molecule has 33 heavy (non-hydrogen) atoms. The second-order valence-corrected chi connectivity index (χ2v) is 9.00. The molecule has 2 aliphatic heterocycles. The molecule has 0 spiro atoms. The van der Waals surface area contributed by atoms with Gasteiger partial charge in [0.15, 0.2) is 11.4 Å². The Hall–Kier alpha value is -3.05. The van der Waals surface area contributed by atoms with E-state index in [0.29, 0.717) is 0 Å². The highest BCUT2D eigenvalue weighted by atomic mass is 16.6. The van der Waals surface area contributed by atoms with Crippen LogP contribution in [-0.4, -0.2) is 68.3 Å². The Kier molecular flexibility index (Phi) is 4.60. The Morgan fingerprint density at radius 1 is 1.12 bits per heavy atom. The van der Waals surface area contributed by atoms with Gasteiger partial charge in [-0.15, -0.1) is 0 Å². The normalized spacial score (nSPS) is 39.1. The van der Waals surface area contributed by atoms with Crippen molar-refractivity contribution in [2.24, 2.45) is 5.92 Å². The molecule has 4 aliphatic rings. The van der Waals surface area contributed by atoms with Crippen molar-refractivity contribution >= 4 is 11.8 Å². The van der Waals surface area contributed by atoms with Crippen LogP contribution in [0.1, 0.15) is 34.9 Å². The maximum absolute atomic E-state index is 13.6. The molecule has 6 rings (SSSR count). The molecule has 0 amide bonds. The van der Waals surface area contributed by atoms with Gasteiger partial charge in [0, 0.05) is 24.5 Å². The van der Waals surface area contributed by atoms with Gasteiger partial charge in [0.25, 0.3) is 0 Å². The number of rotatable bonds is 4. The van der Waals surface area contributed by atoms with Gasteiger partial charge in [-0.1, -0.05) is 30.3 Å². The highest BCUT2D eigenvalue weighted by molar-refractivity contribution is 6.03. The molecule has 4 bridgehead atoms. The third-order valence-corrected chi connectivity index (χ3v) is 7.11. The molecule has 2 aromatic rings. The summed E-state index contributed by atoms with van der Waals surface area (Å²) in [6, 6.07) is 9.95. The quantitative estimate of drug-likeness (QED) is 0.347. The first-order valence-corrected chi connectivity index (χ1v) is 10.4. The molecule has 1 aromatic heterocycles. The third kappa shape index (κ3) is 2.85. The Morgan fingerprint density at radius 3 is 2.48 bits per heavy atom. The first-order chi connectivity index (χ1) is 15.5. The van der Waals surface area contributed by atoms with Crippen molar-refractivity contribution < 1.29 is 43.9 Å². The van der Waals surface area contributed by atoms with Crippen LogP contribution >= 0.6 is 0 Å². The largest absolute Gasteiger partial charge is 0.496 e. The predicted molar refractivity (Wildman–Crippen MR) is 109 cm³/mol. The molecule has 3 heterocycles. The van der Waals surface area contributed by atoms with Crippen LogP contribution in [0, 0.1) is 5.92 Å². The second kappa shape index (κ2) is 6.97. The number of ketones is 1.